The molecule has 3 heterocycles. The van der Waals surface area contributed by atoms with Gasteiger partial charge in [0.15, 0.2) is 5.69 Å². The Kier molecular flexibility index (Phi) is 5.02. The summed E-state index contributed by atoms with van der Waals surface area (Å²) in [7, 11) is 0. The van der Waals surface area contributed by atoms with Gasteiger partial charge in [-0.3, -0.25) is 4.79 Å². The Morgan fingerprint density at radius 2 is 2.38 bits per heavy atom. The van der Waals surface area contributed by atoms with Gasteiger partial charge in [-0.2, -0.15) is 0 Å². The molecular formula is C15H15N3O5S. The number of thiazole rings is 1. The molecule has 2 N–H and O–H groups in total. The van der Waals surface area contributed by atoms with Crippen LogP contribution in [0.1, 0.15) is 32.3 Å². The maximum absolute atomic E-state index is 12.2. The second kappa shape index (κ2) is 7.37. The standard InChI is InChI=1S/C15H15N3O5S/c19-14(17-6-13-18-11(8-24-13)15(20)21)9-1-3-16-12(5-9)23-10-2-4-22-7-10/h1,3,5,8,10H,2,4,6-7H2,(H,17,19)(H,20,21)/t10-/m0/s1. The highest BCUT2D eigenvalue weighted by molar-refractivity contribution is 7.09. The van der Waals surface area contributed by atoms with Gasteiger partial charge < -0.3 is 19.9 Å². The van der Waals surface area contributed by atoms with Crippen LogP contribution >= 0.6 is 11.3 Å². The first-order valence-electron chi connectivity index (χ1n) is 7.28. The molecule has 0 aliphatic carbocycles. The third-order valence-electron chi connectivity index (χ3n) is 3.34. The zero-order valence-corrected chi connectivity index (χ0v) is 13.4. The fourth-order valence-corrected chi connectivity index (χ4v) is 2.85. The van der Waals surface area contributed by atoms with Crippen LogP contribution < -0.4 is 10.1 Å². The van der Waals surface area contributed by atoms with E-state index in [4.69, 9.17) is 14.6 Å². The monoisotopic (exact) mass is 349 g/mol. The lowest BCUT2D eigenvalue weighted by Gasteiger charge is -2.11. The topological polar surface area (TPSA) is 111 Å². The predicted molar refractivity (Wildman–Crippen MR) is 84.3 cm³/mol. The second-order valence-corrected chi connectivity index (χ2v) is 6.04. The molecule has 0 aromatic carbocycles. The summed E-state index contributed by atoms with van der Waals surface area (Å²) in [6.45, 7) is 1.34. The number of nitrogens with one attached hydrogen (secondary N) is 1. The number of hydrogen-bond acceptors (Lipinski definition) is 7. The molecule has 0 saturated carbocycles. The molecule has 0 bridgehead atoms. The molecule has 2 aromatic rings. The zero-order valence-electron chi connectivity index (χ0n) is 12.6. The fourth-order valence-electron chi connectivity index (χ4n) is 2.14. The van der Waals surface area contributed by atoms with Crippen LogP contribution in [-0.2, 0) is 11.3 Å². The fraction of sp³-hybridized carbons (Fsp3) is 0.333. The van der Waals surface area contributed by atoms with Crippen LogP contribution in [0.15, 0.2) is 23.7 Å². The quantitative estimate of drug-likeness (QED) is 0.809. The third-order valence-corrected chi connectivity index (χ3v) is 4.19. The number of carbonyl (C=O) groups excluding carboxylic acids is 1. The lowest BCUT2D eigenvalue weighted by atomic mass is 10.2. The smallest absolute Gasteiger partial charge is 0.355 e. The lowest BCUT2D eigenvalue weighted by Crippen LogP contribution is -2.23. The summed E-state index contributed by atoms with van der Waals surface area (Å²) in [5.41, 5.74) is 0.386. The molecule has 9 heteroatoms. The number of carboxylic acids is 1. The molecule has 0 radical (unpaired) electrons. The molecule has 1 saturated heterocycles. The highest BCUT2D eigenvalue weighted by Crippen LogP contribution is 2.16. The van der Waals surface area contributed by atoms with Crippen molar-refractivity contribution >= 4 is 23.2 Å². The number of carbonyl (C=O) groups is 2. The Labute approximate surface area is 141 Å². The SMILES string of the molecule is O=C(NCc1nc(C(=O)O)cs1)c1ccnc(O[C@H]2CCOC2)c1. The number of ether oxygens (including phenoxy) is 2. The van der Waals surface area contributed by atoms with Gasteiger partial charge in [0.05, 0.1) is 19.8 Å². The lowest BCUT2D eigenvalue weighted by molar-refractivity contribution is 0.0691. The zero-order chi connectivity index (χ0) is 16.9. The van der Waals surface area contributed by atoms with Gasteiger partial charge in [-0.25, -0.2) is 14.8 Å². The number of aromatic nitrogens is 2. The summed E-state index contributed by atoms with van der Waals surface area (Å²) in [6, 6.07) is 3.15. The van der Waals surface area contributed by atoms with Crippen molar-refractivity contribution in [1.82, 2.24) is 15.3 Å². The van der Waals surface area contributed by atoms with E-state index in [-0.39, 0.29) is 24.2 Å². The van der Waals surface area contributed by atoms with Crippen LogP contribution in [0.4, 0.5) is 0 Å². The normalized spacial score (nSPS) is 16.8. The number of nitrogens with zero attached hydrogens (tertiary/aromatic N) is 2. The summed E-state index contributed by atoms with van der Waals surface area (Å²) in [5.74, 6) is -1.02. The van der Waals surface area contributed by atoms with Crippen molar-refractivity contribution in [3.8, 4) is 5.88 Å². The number of pyridine rings is 1. The Balaban J connectivity index is 1.58. The molecule has 0 unspecified atom stereocenters. The molecule has 1 aliphatic rings. The van der Waals surface area contributed by atoms with Crippen LogP contribution in [0.25, 0.3) is 0 Å². The van der Waals surface area contributed by atoms with Crippen LogP contribution in [-0.4, -0.2) is 46.3 Å². The number of amides is 1. The summed E-state index contributed by atoms with van der Waals surface area (Å²) in [6.07, 6.45) is 2.26. The Hall–Kier alpha value is -2.52. The van der Waals surface area contributed by atoms with E-state index in [0.717, 1.165) is 6.42 Å². The maximum Gasteiger partial charge on any atom is 0.355 e. The summed E-state index contributed by atoms with van der Waals surface area (Å²) >= 11 is 1.18. The number of aromatic carboxylic acids is 1. The van der Waals surface area contributed by atoms with Crippen molar-refractivity contribution in [2.75, 3.05) is 13.2 Å². The van der Waals surface area contributed by atoms with Crippen LogP contribution in [0, 0.1) is 0 Å². The van der Waals surface area contributed by atoms with E-state index in [1.165, 1.54) is 22.9 Å². The van der Waals surface area contributed by atoms with Gasteiger partial charge >= 0.3 is 5.97 Å². The van der Waals surface area contributed by atoms with Crippen molar-refractivity contribution in [3.05, 3.63) is 40.0 Å². The first-order valence-corrected chi connectivity index (χ1v) is 8.16. The molecule has 3 rings (SSSR count). The van der Waals surface area contributed by atoms with Gasteiger partial charge in [0.2, 0.25) is 5.88 Å². The minimum atomic E-state index is -1.09. The van der Waals surface area contributed by atoms with Gasteiger partial charge in [-0.05, 0) is 6.07 Å². The van der Waals surface area contributed by atoms with Crippen LogP contribution in [0.3, 0.4) is 0 Å². The van der Waals surface area contributed by atoms with Crippen molar-refractivity contribution < 1.29 is 24.2 Å². The van der Waals surface area contributed by atoms with Gasteiger partial charge in [0.25, 0.3) is 5.91 Å². The molecule has 1 atom stereocenters. The van der Waals surface area contributed by atoms with E-state index < -0.39 is 5.97 Å². The highest BCUT2D eigenvalue weighted by atomic mass is 32.1. The molecule has 1 amide bonds. The molecule has 8 nitrogen and oxygen atoms in total. The van der Waals surface area contributed by atoms with Crippen LogP contribution in [0.5, 0.6) is 5.88 Å². The van der Waals surface area contributed by atoms with E-state index in [1.807, 2.05) is 0 Å². The van der Waals surface area contributed by atoms with Crippen molar-refractivity contribution in [2.45, 2.75) is 19.1 Å². The molecule has 0 spiro atoms. The van der Waals surface area contributed by atoms with Gasteiger partial charge in [0.1, 0.15) is 11.1 Å². The largest absolute Gasteiger partial charge is 0.476 e. The minimum Gasteiger partial charge on any atom is -0.476 e. The van der Waals surface area contributed by atoms with E-state index in [9.17, 15) is 9.59 Å². The van der Waals surface area contributed by atoms with E-state index in [2.05, 4.69) is 15.3 Å². The van der Waals surface area contributed by atoms with Crippen molar-refractivity contribution in [3.63, 3.8) is 0 Å². The van der Waals surface area contributed by atoms with E-state index in [0.29, 0.717) is 29.7 Å². The summed E-state index contributed by atoms with van der Waals surface area (Å²) < 4.78 is 10.9. The average Bonchev–Trinajstić information content (AvgIpc) is 3.24. The first kappa shape index (κ1) is 16.3. The van der Waals surface area contributed by atoms with Gasteiger partial charge in [0, 0.05) is 29.6 Å². The summed E-state index contributed by atoms with van der Waals surface area (Å²) in [5, 5.41) is 13.5. The van der Waals surface area contributed by atoms with Gasteiger partial charge in [-0.15, -0.1) is 11.3 Å². The Bertz CT molecular complexity index is 742. The number of hydrogen-bond donors (Lipinski definition) is 2. The van der Waals surface area contributed by atoms with Gasteiger partial charge in [-0.1, -0.05) is 0 Å². The first-order chi connectivity index (χ1) is 11.6. The van der Waals surface area contributed by atoms with E-state index in [1.54, 1.807) is 12.1 Å². The predicted octanol–water partition coefficient (Wildman–Crippen LogP) is 1.33. The third kappa shape index (κ3) is 4.06. The molecular weight excluding hydrogens is 334 g/mol. The molecule has 24 heavy (non-hydrogen) atoms. The van der Waals surface area contributed by atoms with E-state index >= 15 is 0 Å². The van der Waals surface area contributed by atoms with Crippen LogP contribution in [0.2, 0.25) is 0 Å². The second-order valence-electron chi connectivity index (χ2n) is 5.10. The average molecular weight is 349 g/mol. The Morgan fingerprint density at radius 1 is 1.50 bits per heavy atom. The van der Waals surface area contributed by atoms with Crippen molar-refractivity contribution in [2.24, 2.45) is 0 Å². The maximum atomic E-state index is 12.2. The highest BCUT2D eigenvalue weighted by Gasteiger charge is 2.18. The summed E-state index contributed by atoms with van der Waals surface area (Å²) in [4.78, 5) is 31.0. The Morgan fingerprint density at radius 3 is 3.08 bits per heavy atom. The number of carboxylic acid groups (broad SMARTS) is 1. The molecule has 1 fully saturated rings. The molecule has 126 valence electrons. The minimum absolute atomic E-state index is 0.0253. The molecule has 1 aliphatic heterocycles. The van der Waals surface area contributed by atoms with Crippen molar-refractivity contribution in [1.29, 1.82) is 0 Å². The molecule has 2 aromatic heterocycles. The number of rotatable bonds is 6.